The van der Waals surface area contributed by atoms with E-state index in [0.717, 1.165) is 25.9 Å². The molecule has 9 nitrogen and oxygen atoms in total. The Morgan fingerprint density at radius 1 is 1.25 bits per heavy atom. The van der Waals surface area contributed by atoms with Crippen molar-refractivity contribution in [3.63, 3.8) is 0 Å². The van der Waals surface area contributed by atoms with Gasteiger partial charge in [-0.15, -0.1) is 0 Å². The highest BCUT2D eigenvalue weighted by molar-refractivity contribution is 6.03. The lowest BCUT2D eigenvalue weighted by molar-refractivity contribution is -0.132. The van der Waals surface area contributed by atoms with E-state index in [1.54, 1.807) is 23.2 Å². The number of nitrogens with two attached hydrogens (primary N) is 1. The van der Waals surface area contributed by atoms with E-state index in [1.165, 1.54) is 0 Å². The fourth-order valence-electron chi connectivity index (χ4n) is 4.55. The predicted molar refractivity (Wildman–Crippen MR) is 134 cm³/mol. The molecule has 9 heteroatoms. The molecule has 2 N–H and O–H groups in total. The van der Waals surface area contributed by atoms with Crippen molar-refractivity contribution in [2.45, 2.75) is 45.3 Å². The van der Waals surface area contributed by atoms with E-state index >= 15 is 0 Å². The van der Waals surface area contributed by atoms with Crippen LogP contribution >= 0.6 is 0 Å². The van der Waals surface area contributed by atoms with Gasteiger partial charge in [0.05, 0.1) is 29.8 Å². The number of carbonyl (C=O) groups excluding carboxylic acids is 2. The van der Waals surface area contributed by atoms with Crippen molar-refractivity contribution in [1.29, 1.82) is 5.26 Å². The topological polar surface area (TPSA) is 122 Å². The molecule has 0 radical (unpaired) electrons. The van der Waals surface area contributed by atoms with Gasteiger partial charge in [0.15, 0.2) is 0 Å². The number of aromatic nitrogens is 1. The molecule has 4 rings (SSSR count). The highest BCUT2D eigenvalue weighted by Crippen LogP contribution is 2.34. The fraction of sp³-hybridized carbons (Fsp3) is 0.481. The van der Waals surface area contributed by atoms with Crippen LogP contribution in [0.2, 0.25) is 0 Å². The standard InChI is InChI=1S/C27H31N5O4/c1-17(2)35-24-12-22-21(11-23(24)26(29)34)19(7-6-18-14-31(3)15-18)13-30-27(22)36-20-5-4-10-32(16-20)25(33)8-9-28/h11-13,17-18,20H,4-5,8,10,14-16H2,1-3H3,(H2,29,34)/t20-/m1/s1. The van der Waals surface area contributed by atoms with Crippen LogP contribution in [0.3, 0.4) is 0 Å². The molecule has 2 amide bonds. The van der Waals surface area contributed by atoms with E-state index in [1.807, 2.05) is 19.9 Å². The van der Waals surface area contributed by atoms with Gasteiger partial charge in [-0.05, 0) is 45.9 Å². The molecule has 1 atom stereocenters. The molecular weight excluding hydrogens is 458 g/mol. The van der Waals surface area contributed by atoms with Gasteiger partial charge in [-0.3, -0.25) is 9.59 Å². The first-order valence-corrected chi connectivity index (χ1v) is 12.2. The molecular formula is C27H31N5O4. The third-order valence-electron chi connectivity index (χ3n) is 6.29. The summed E-state index contributed by atoms with van der Waals surface area (Å²) >= 11 is 0. The minimum absolute atomic E-state index is 0.149. The number of piperidine rings is 1. The molecule has 0 aliphatic carbocycles. The van der Waals surface area contributed by atoms with E-state index in [9.17, 15) is 9.59 Å². The first kappa shape index (κ1) is 25.3. The summed E-state index contributed by atoms with van der Waals surface area (Å²) in [5.41, 5.74) is 6.64. The average Bonchev–Trinajstić information content (AvgIpc) is 2.81. The number of hydrogen-bond acceptors (Lipinski definition) is 7. The molecule has 1 aromatic carbocycles. The minimum atomic E-state index is -0.592. The Kier molecular flexibility index (Phi) is 7.61. The predicted octanol–water partition coefficient (Wildman–Crippen LogP) is 2.32. The monoisotopic (exact) mass is 489 g/mol. The summed E-state index contributed by atoms with van der Waals surface area (Å²) < 4.78 is 12.2. The summed E-state index contributed by atoms with van der Waals surface area (Å²) in [4.78, 5) is 32.9. The first-order valence-electron chi connectivity index (χ1n) is 12.2. The zero-order valence-electron chi connectivity index (χ0n) is 20.9. The number of likely N-dealkylation sites (tertiary alicyclic amines) is 2. The van der Waals surface area contributed by atoms with Crippen molar-refractivity contribution in [3.8, 4) is 29.5 Å². The second-order valence-corrected chi connectivity index (χ2v) is 9.65. The summed E-state index contributed by atoms with van der Waals surface area (Å²) in [5.74, 6) is 6.76. The Labute approximate surface area is 211 Å². The van der Waals surface area contributed by atoms with Crippen molar-refractivity contribution in [2.75, 3.05) is 33.2 Å². The van der Waals surface area contributed by atoms with Crippen LogP contribution in [0.15, 0.2) is 18.3 Å². The third-order valence-corrected chi connectivity index (χ3v) is 6.29. The molecule has 2 fully saturated rings. The highest BCUT2D eigenvalue weighted by Gasteiger charge is 2.26. The Balaban J connectivity index is 1.72. The Bertz CT molecular complexity index is 1270. The van der Waals surface area contributed by atoms with Crippen LogP contribution in [0.25, 0.3) is 10.8 Å². The van der Waals surface area contributed by atoms with E-state index in [2.05, 4.69) is 28.8 Å². The molecule has 188 valence electrons. The normalized spacial score (nSPS) is 18.2. The van der Waals surface area contributed by atoms with Gasteiger partial charge in [0.1, 0.15) is 18.3 Å². The van der Waals surface area contributed by atoms with Gasteiger partial charge in [0, 0.05) is 42.5 Å². The van der Waals surface area contributed by atoms with Gasteiger partial charge in [-0.1, -0.05) is 11.8 Å². The van der Waals surface area contributed by atoms with Gasteiger partial charge in [-0.25, -0.2) is 4.98 Å². The van der Waals surface area contributed by atoms with Crippen molar-refractivity contribution in [2.24, 2.45) is 11.7 Å². The zero-order chi connectivity index (χ0) is 25.8. The van der Waals surface area contributed by atoms with Crippen LogP contribution in [-0.2, 0) is 4.79 Å². The van der Waals surface area contributed by atoms with Crippen molar-refractivity contribution >= 4 is 22.6 Å². The number of benzene rings is 1. The lowest BCUT2D eigenvalue weighted by atomic mass is 9.99. The Hall–Kier alpha value is -3.82. The number of nitrogens with zero attached hydrogens (tertiary/aromatic N) is 4. The number of pyridine rings is 1. The van der Waals surface area contributed by atoms with Crippen LogP contribution in [0.1, 0.15) is 49.0 Å². The Morgan fingerprint density at radius 2 is 2.03 bits per heavy atom. The second-order valence-electron chi connectivity index (χ2n) is 9.65. The molecule has 0 saturated carbocycles. The molecule has 2 saturated heterocycles. The first-order chi connectivity index (χ1) is 17.2. The summed E-state index contributed by atoms with van der Waals surface area (Å²) in [5, 5.41) is 10.2. The maximum Gasteiger partial charge on any atom is 0.252 e. The number of fused-ring (bicyclic) bond motifs is 1. The number of hydrogen-bond donors (Lipinski definition) is 1. The quantitative estimate of drug-likeness (QED) is 0.618. The van der Waals surface area contributed by atoms with Crippen LogP contribution < -0.4 is 15.2 Å². The van der Waals surface area contributed by atoms with Gasteiger partial charge in [0.2, 0.25) is 11.8 Å². The van der Waals surface area contributed by atoms with E-state index in [0.29, 0.717) is 47.0 Å². The van der Waals surface area contributed by atoms with Gasteiger partial charge >= 0.3 is 0 Å². The molecule has 36 heavy (non-hydrogen) atoms. The van der Waals surface area contributed by atoms with Crippen molar-refractivity contribution in [3.05, 3.63) is 29.5 Å². The van der Waals surface area contributed by atoms with Gasteiger partial charge in [-0.2, -0.15) is 5.26 Å². The van der Waals surface area contributed by atoms with E-state index < -0.39 is 5.91 Å². The van der Waals surface area contributed by atoms with Crippen molar-refractivity contribution in [1.82, 2.24) is 14.8 Å². The van der Waals surface area contributed by atoms with Gasteiger partial charge < -0.3 is 25.0 Å². The number of ether oxygens (including phenoxy) is 2. The molecule has 0 bridgehead atoms. The molecule has 2 aliphatic rings. The molecule has 0 unspecified atom stereocenters. The maximum absolute atomic E-state index is 12.3. The average molecular weight is 490 g/mol. The van der Waals surface area contributed by atoms with Crippen LogP contribution in [0, 0.1) is 29.1 Å². The highest BCUT2D eigenvalue weighted by atomic mass is 16.5. The Morgan fingerprint density at radius 3 is 2.69 bits per heavy atom. The zero-order valence-corrected chi connectivity index (χ0v) is 20.9. The van der Waals surface area contributed by atoms with Crippen LogP contribution in [0.5, 0.6) is 11.6 Å². The number of carbonyl (C=O) groups is 2. The molecule has 0 spiro atoms. The van der Waals surface area contributed by atoms with Crippen LogP contribution in [-0.4, -0.2) is 72.0 Å². The van der Waals surface area contributed by atoms with Crippen LogP contribution in [0.4, 0.5) is 0 Å². The largest absolute Gasteiger partial charge is 0.490 e. The minimum Gasteiger partial charge on any atom is -0.490 e. The molecule has 1 aromatic heterocycles. The number of nitriles is 1. The summed E-state index contributed by atoms with van der Waals surface area (Å²) in [6.45, 7) is 6.57. The summed E-state index contributed by atoms with van der Waals surface area (Å²) in [6, 6.07) is 5.35. The second kappa shape index (κ2) is 10.8. The van der Waals surface area contributed by atoms with E-state index in [-0.39, 0.29) is 30.1 Å². The number of primary amides is 1. The summed E-state index contributed by atoms with van der Waals surface area (Å²) in [6.07, 6.45) is 2.59. The third kappa shape index (κ3) is 5.69. The molecule has 2 aromatic rings. The van der Waals surface area contributed by atoms with Crippen molar-refractivity contribution < 1.29 is 19.1 Å². The maximum atomic E-state index is 12.3. The molecule has 3 heterocycles. The lowest BCUT2D eigenvalue weighted by Gasteiger charge is -2.32. The smallest absolute Gasteiger partial charge is 0.252 e. The fourth-order valence-corrected chi connectivity index (χ4v) is 4.55. The van der Waals surface area contributed by atoms with Gasteiger partial charge in [0.25, 0.3) is 5.91 Å². The molecule has 2 aliphatic heterocycles. The summed E-state index contributed by atoms with van der Waals surface area (Å²) in [7, 11) is 2.05. The number of rotatable bonds is 6. The lowest BCUT2D eigenvalue weighted by Crippen LogP contribution is -2.44. The van der Waals surface area contributed by atoms with E-state index in [4.69, 9.17) is 20.5 Å². The number of amides is 2. The SMILES string of the molecule is CC(C)Oc1cc2c(O[C@@H]3CCCN(C(=O)CC#N)C3)ncc(C#CC3CN(C)C3)c2cc1C(N)=O.